The maximum Gasteiger partial charge on any atom is 0.288 e. The molecular formula is C15H12N2O2. The van der Waals surface area contributed by atoms with Gasteiger partial charge in [0.1, 0.15) is 0 Å². The molecule has 4 heteroatoms. The van der Waals surface area contributed by atoms with E-state index >= 15 is 0 Å². The van der Waals surface area contributed by atoms with Crippen molar-refractivity contribution in [1.82, 2.24) is 4.40 Å². The van der Waals surface area contributed by atoms with Crippen molar-refractivity contribution in [3.63, 3.8) is 0 Å². The van der Waals surface area contributed by atoms with Gasteiger partial charge in [-0.05, 0) is 24.6 Å². The summed E-state index contributed by atoms with van der Waals surface area (Å²) in [6.07, 6.45) is 3.48. The second-order valence-electron chi connectivity index (χ2n) is 4.53. The predicted octanol–water partition coefficient (Wildman–Crippen LogP) is 3.82. The summed E-state index contributed by atoms with van der Waals surface area (Å²) in [5.41, 5.74) is 3.94. The van der Waals surface area contributed by atoms with Gasteiger partial charge in [0.2, 0.25) is 0 Å². The van der Waals surface area contributed by atoms with E-state index in [1.807, 2.05) is 48.7 Å². The largest absolute Gasteiger partial charge is 0.317 e. The SMILES string of the molecule is Cc1cc2cc(-c3ccccc3)cn2cc1[N+](=O)[O-]. The fraction of sp³-hybridized carbons (Fsp3) is 0.0667. The molecule has 0 amide bonds. The van der Waals surface area contributed by atoms with Gasteiger partial charge in [-0.15, -0.1) is 0 Å². The normalized spacial score (nSPS) is 10.8. The zero-order valence-corrected chi connectivity index (χ0v) is 10.4. The van der Waals surface area contributed by atoms with Crippen molar-refractivity contribution in [3.05, 3.63) is 70.5 Å². The number of hydrogen-bond donors (Lipinski definition) is 0. The minimum atomic E-state index is -0.350. The second kappa shape index (κ2) is 4.24. The number of aryl methyl sites for hydroxylation is 1. The molecule has 0 aliphatic carbocycles. The van der Waals surface area contributed by atoms with Gasteiger partial charge in [-0.3, -0.25) is 10.1 Å². The molecule has 4 nitrogen and oxygen atoms in total. The smallest absolute Gasteiger partial charge is 0.288 e. The first-order valence-electron chi connectivity index (χ1n) is 5.97. The number of nitro groups is 1. The highest BCUT2D eigenvalue weighted by molar-refractivity contribution is 5.71. The monoisotopic (exact) mass is 252 g/mol. The predicted molar refractivity (Wildman–Crippen MR) is 74.2 cm³/mol. The Balaban J connectivity index is 2.19. The van der Waals surface area contributed by atoms with Gasteiger partial charge in [-0.2, -0.15) is 0 Å². The summed E-state index contributed by atoms with van der Waals surface area (Å²) in [5.74, 6) is 0. The second-order valence-corrected chi connectivity index (χ2v) is 4.53. The number of benzene rings is 1. The highest BCUT2D eigenvalue weighted by atomic mass is 16.6. The van der Waals surface area contributed by atoms with Gasteiger partial charge in [-0.1, -0.05) is 30.3 Å². The Morgan fingerprint density at radius 2 is 1.79 bits per heavy atom. The molecule has 1 aromatic carbocycles. The van der Waals surface area contributed by atoms with Gasteiger partial charge in [0.25, 0.3) is 5.69 Å². The molecule has 2 heterocycles. The molecule has 0 radical (unpaired) electrons. The summed E-state index contributed by atoms with van der Waals surface area (Å²) < 4.78 is 1.80. The first-order valence-corrected chi connectivity index (χ1v) is 5.97. The average Bonchev–Trinajstić information content (AvgIpc) is 2.81. The number of nitrogens with zero attached hydrogens (tertiary/aromatic N) is 2. The van der Waals surface area contributed by atoms with E-state index in [1.54, 1.807) is 17.5 Å². The highest BCUT2D eigenvalue weighted by Gasteiger charge is 2.12. The zero-order valence-electron chi connectivity index (χ0n) is 10.4. The van der Waals surface area contributed by atoms with Crippen LogP contribution >= 0.6 is 0 Å². The van der Waals surface area contributed by atoms with Crippen LogP contribution in [0.4, 0.5) is 5.69 Å². The molecule has 3 aromatic rings. The van der Waals surface area contributed by atoms with E-state index in [1.165, 1.54) is 0 Å². The molecule has 94 valence electrons. The van der Waals surface area contributed by atoms with Gasteiger partial charge < -0.3 is 4.40 Å². The van der Waals surface area contributed by atoms with Crippen LogP contribution in [0, 0.1) is 17.0 Å². The molecule has 19 heavy (non-hydrogen) atoms. The van der Waals surface area contributed by atoms with Crippen molar-refractivity contribution in [2.45, 2.75) is 6.92 Å². The van der Waals surface area contributed by atoms with E-state index in [9.17, 15) is 10.1 Å². The quantitative estimate of drug-likeness (QED) is 0.514. The highest BCUT2D eigenvalue weighted by Crippen LogP contribution is 2.26. The van der Waals surface area contributed by atoms with Crippen LogP contribution in [0.2, 0.25) is 0 Å². The third-order valence-electron chi connectivity index (χ3n) is 3.21. The molecule has 0 bridgehead atoms. The third kappa shape index (κ3) is 1.97. The van der Waals surface area contributed by atoms with Crippen LogP contribution in [0.3, 0.4) is 0 Å². The van der Waals surface area contributed by atoms with Crippen LogP contribution in [0.1, 0.15) is 5.56 Å². The van der Waals surface area contributed by atoms with E-state index in [4.69, 9.17) is 0 Å². The molecule has 0 fully saturated rings. The molecule has 0 aliphatic heterocycles. The van der Waals surface area contributed by atoms with Crippen molar-refractivity contribution in [3.8, 4) is 11.1 Å². The molecule has 0 saturated heterocycles. The Hall–Kier alpha value is -2.62. The van der Waals surface area contributed by atoms with Crippen molar-refractivity contribution in [1.29, 1.82) is 0 Å². The van der Waals surface area contributed by atoms with E-state index in [-0.39, 0.29) is 10.6 Å². The Labute approximate surface area is 110 Å². The Morgan fingerprint density at radius 1 is 1.05 bits per heavy atom. The molecule has 0 saturated carbocycles. The van der Waals surface area contributed by atoms with E-state index in [0.717, 1.165) is 16.6 Å². The molecule has 0 spiro atoms. The van der Waals surface area contributed by atoms with Gasteiger partial charge in [0.05, 0.1) is 11.1 Å². The molecular weight excluding hydrogens is 240 g/mol. The van der Waals surface area contributed by atoms with Gasteiger partial charge >= 0.3 is 0 Å². The Morgan fingerprint density at radius 3 is 2.47 bits per heavy atom. The molecule has 0 unspecified atom stereocenters. The molecule has 0 aliphatic rings. The fourth-order valence-electron chi connectivity index (χ4n) is 2.23. The minimum absolute atomic E-state index is 0.141. The Kier molecular flexibility index (Phi) is 2.56. The van der Waals surface area contributed by atoms with Crippen LogP contribution in [-0.2, 0) is 0 Å². The number of hydrogen-bond acceptors (Lipinski definition) is 2. The first kappa shape index (κ1) is 11.5. The summed E-state index contributed by atoms with van der Waals surface area (Å²) >= 11 is 0. The van der Waals surface area contributed by atoms with Crippen molar-refractivity contribution < 1.29 is 4.92 Å². The fourth-order valence-corrected chi connectivity index (χ4v) is 2.23. The lowest BCUT2D eigenvalue weighted by atomic mass is 10.1. The summed E-state index contributed by atoms with van der Waals surface area (Å²) in [6.45, 7) is 1.76. The average molecular weight is 252 g/mol. The maximum atomic E-state index is 10.9. The number of aromatic nitrogens is 1. The van der Waals surface area contributed by atoms with Crippen LogP contribution in [0.25, 0.3) is 16.6 Å². The lowest BCUT2D eigenvalue weighted by molar-refractivity contribution is -0.385. The van der Waals surface area contributed by atoms with E-state index in [0.29, 0.717) is 5.56 Å². The van der Waals surface area contributed by atoms with E-state index < -0.39 is 0 Å². The zero-order chi connectivity index (χ0) is 13.4. The summed E-state index contributed by atoms with van der Waals surface area (Å²) in [4.78, 5) is 10.6. The maximum absolute atomic E-state index is 10.9. The molecule has 2 aromatic heterocycles. The minimum Gasteiger partial charge on any atom is -0.317 e. The standard InChI is InChI=1S/C15H12N2O2/c1-11-7-14-8-13(12-5-3-2-4-6-12)9-16(14)10-15(11)17(18)19/h2-10H,1H3. The lowest BCUT2D eigenvalue weighted by Gasteiger charge is -1.98. The molecule has 3 rings (SSSR count). The molecule has 0 N–H and O–H groups in total. The van der Waals surface area contributed by atoms with Gasteiger partial charge in [0, 0.05) is 22.8 Å². The van der Waals surface area contributed by atoms with Crippen molar-refractivity contribution in [2.75, 3.05) is 0 Å². The Bertz CT molecular complexity index is 760. The first-order chi connectivity index (χ1) is 9.15. The van der Waals surface area contributed by atoms with Crippen molar-refractivity contribution in [2.24, 2.45) is 0 Å². The number of pyridine rings is 1. The number of rotatable bonds is 2. The third-order valence-corrected chi connectivity index (χ3v) is 3.21. The molecule has 0 atom stereocenters. The van der Waals surface area contributed by atoms with Crippen LogP contribution in [0.15, 0.2) is 54.9 Å². The van der Waals surface area contributed by atoms with E-state index in [2.05, 4.69) is 0 Å². The summed E-state index contributed by atoms with van der Waals surface area (Å²) in [5, 5.41) is 10.9. The van der Waals surface area contributed by atoms with Crippen LogP contribution < -0.4 is 0 Å². The summed E-state index contributed by atoms with van der Waals surface area (Å²) in [6, 6.07) is 13.8. The topological polar surface area (TPSA) is 47.5 Å². The van der Waals surface area contributed by atoms with Gasteiger partial charge in [0.15, 0.2) is 0 Å². The van der Waals surface area contributed by atoms with Crippen LogP contribution in [0.5, 0.6) is 0 Å². The lowest BCUT2D eigenvalue weighted by Crippen LogP contribution is -1.94. The van der Waals surface area contributed by atoms with Gasteiger partial charge in [-0.25, -0.2) is 0 Å². The number of fused-ring (bicyclic) bond motifs is 1. The summed E-state index contributed by atoms with van der Waals surface area (Å²) in [7, 11) is 0. The van der Waals surface area contributed by atoms with Crippen LogP contribution in [-0.4, -0.2) is 9.32 Å². The van der Waals surface area contributed by atoms with Crippen molar-refractivity contribution >= 4 is 11.2 Å².